The third-order valence-corrected chi connectivity index (χ3v) is 6.90. The Hall–Kier alpha value is -3.47. The topological polar surface area (TPSA) is 102 Å². The first-order valence-electron chi connectivity index (χ1n) is 11.0. The maximum atomic E-state index is 12.7. The average molecular weight is 585 g/mol. The summed E-state index contributed by atoms with van der Waals surface area (Å²) in [6.45, 7) is 1.92. The monoisotopic (exact) mass is 583 g/mol. The number of para-hydroxylation sites is 1. The lowest BCUT2D eigenvalue weighted by Gasteiger charge is -2.14. The average Bonchev–Trinajstić information content (AvgIpc) is 3.51. The minimum atomic E-state index is -0.438. The molecule has 5 rings (SSSR count). The van der Waals surface area contributed by atoms with Crippen molar-refractivity contribution in [2.75, 3.05) is 5.32 Å². The summed E-state index contributed by atoms with van der Waals surface area (Å²) >= 11 is 11.3. The van der Waals surface area contributed by atoms with Gasteiger partial charge in [0.2, 0.25) is 0 Å². The van der Waals surface area contributed by atoms with E-state index in [0.29, 0.717) is 39.8 Å². The van der Waals surface area contributed by atoms with E-state index in [0.717, 1.165) is 20.3 Å². The molecule has 0 saturated carbocycles. The van der Waals surface area contributed by atoms with Gasteiger partial charge in [0, 0.05) is 15.7 Å². The van der Waals surface area contributed by atoms with Crippen molar-refractivity contribution in [3.8, 4) is 22.4 Å². The number of benzene rings is 3. The fourth-order valence-electron chi connectivity index (χ4n) is 3.44. The molecule has 2 heterocycles. The second-order valence-electron chi connectivity index (χ2n) is 7.72. The number of thiazole rings is 1. The lowest BCUT2D eigenvalue weighted by molar-refractivity contribution is 0.247. The number of ether oxygens (including phenoxy) is 1. The van der Waals surface area contributed by atoms with Gasteiger partial charge in [-0.05, 0) is 55.0 Å². The number of aromatic nitrogens is 3. The van der Waals surface area contributed by atoms with E-state index < -0.39 is 12.1 Å². The molecule has 0 aliphatic carbocycles. The summed E-state index contributed by atoms with van der Waals surface area (Å²) in [7, 11) is 0. The largest absolute Gasteiger partial charge is 0.429 e. The van der Waals surface area contributed by atoms with Gasteiger partial charge in [-0.3, -0.25) is 0 Å². The Balaban J connectivity index is 1.23. The molecule has 8 nitrogen and oxygen atoms in total. The molecule has 0 fully saturated rings. The molecule has 1 unspecified atom stereocenters. The van der Waals surface area contributed by atoms with E-state index in [1.807, 2.05) is 55.5 Å². The second kappa shape index (κ2) is 10.7. The molecule has 0 bridgehead atoms. The van der Waals surface area contributed by atoms with Crippen LogP contribution >= 0.6 is 38.9 Å². The molecule has 2 aromatic heterocycles. The summed E-state index contributed by atoms with van der Waals surface area (Å²) in [4.78, 5) is 21.6. The van der Waals surface area contributed by atoms with Crippen LogP contribution in [0.4, 0.5) is 10.5 Å². The van der Waals surface area contributed by atoms with Gasteiger partial charge in [-0.15, -0.1) is 0 Å². The van der Waals surface area contributed by atoms with Crippen LogP contribution < -0.4 is 15.4 Å². The van der Waals surface area contributed by atoms with Gasteiger partial charge >= 0.3 is 6.03 Å². The van der Waals surface area contributed by atoms with E-state index in [-0.39, 0.29) is 0 Å². The molecule has 5 aromatic rings. The van der Waals surface area contributed by atoms with Crippen LogP contribution in [-0.4, -0.2) is 21.2 Å². The number of rotatable bonds is 7. The maximum absolute atomic E-state index is 12.7. The minimum Gasteiger partial charge on any atom is -0.429 e. The standard InChI is InChI=1S/C25H19BrClN5O3S/c1-2-18(22-31-23(35-32-22)14-6-5-7-15(26)12-14)29-24(33)28-16-10-11-20(17(27)13-16)34-25-30-19-8-3-4-9-21(19)36-25/h3-13,18H,2H2,1H3,(H2,28,29,33). The molecule has 3 aromatic carbocycles. The highest BCUT2D eigenvalue weighted by Crippen LogP contribution is 2.35. The minimum absolute atomic E-state index is 0.343. The van der Waals surface area contributed by atoms with Crippen LogP contribution in [0.5, 0.6) is 10.9 Å². The van der Waals surface area contributed by atoms with Crippen molar-refractivity contribution in [1.82, 2.24) is 20.4 Å². The van der Waals surface area contributed by atoms with Crippen LogP contribution in [0.25, 0.3) is 21.7 Å². The van der Waals surface area contributed by atoms with Crippen molar-refractivity contribution in [2.24, 2.45) is 0 Å². The van der Waals surface area contributed by atoms with E-state index >= 15 is 0 Å². The number of hydrogen-bond donors (Lipinski definition) is 2. The Morgan fingerprint density at radius 2 is 2.00 bits per heavy atom. The second-order valence-corrected chi connectivity index (χ2v) is 10.0. The Morgan fingerprint density at radius 1 is 1.14 bits per heavy atom. The molecule has 11 heteroatoms. The van der Waals surface area contributed by atoms with E-state index in [1.54, 1.807) is 18.2 Å². The quantitative estimate of drug-likeness (QED) is 0.202. The SMILES string of the molecule is CCC(NC(=O)Nc1ccc(Oc2nc3ccccc3s2)c(Cl)c1)c1noc(-c2cccc(Br)c2)n1. The number of urea groups is 1. The zero-order chi connectivity index (χ0) is 25.1. The molecule has 182 valence electrons. The molecule has 0 aliphatic heterocycles. The van der Waals surface area contributed by atoms with Crippen LogP contribution in [-0.2, 0) is 0 Å². The summed E-state index contributed by atoms with van der Waals surface area (Å²) in [6, 6.07) is 19.5. The van der Waals surface area contributed by atoms with E-state index in [2.05, 4.69) is 41.7 Å². The van der Waals surface area contributed by atoms with Gasteiger partial charge < -0.3 is 19.9 Å². The number of nitrogens with zero attached hydrogens (tertiary/aromatic N) is 3. The van der Waals surface area contributed by atoms with Crippen LogP contribution in [0.3, 0.4) is 0 Å². The first-order valence-corrected chi connectivity index (χ1v) is 13.0. The van der Waals surface area contributed by atoms with Gasteiger partial charge in [0.05, 0.1) is 21.3 Å². The predicted molar refractivity (Wildman–Crippen MR) is 144 cm³/mol. The molecular weight excluding hydrogens is 566 g/mol. The normalized spacial score (nSPS) is 11.9. The molecule has 0 aliphatic rings. The molecule has 0 radical (unpaired) electrons. The summed E-state index contributed by atoms with van der Waals surface area (Å²) in [5.41, 5.74) is 2.15. The zero-order valence-electron chi connectivity index (χ0n) is 18.9. The van der Waals surface area contributed by atoms with Gasteiger partial charge in [-0.25, -0.2) is 9.78 Å². The lowest BCUT2D eigenvalue weighted by atomic mass is 10.2. The van der Waals surface area contributed by atoms with Crippen molar-refractivity contribution in [2.45, 2.75) is 19.4 Å². The highest BCUT2D eigenvalue weighted by molar-refractivity contribution is 9.10. The van der Waals surface area contributed by atoms with E-state index in [1.165, 1.54) is 11.3 Å². The zero-order valence-corrected chi connectivity index (χ0v) is 22.0. The fraction of sp³-hybridized carbons (Fsp3) is 0.120. The summed E-state index contributed by atoms with van der Waals surface area (Å²) in [6.07, 6.45) is 0.570. The van der Waals surface area contributed by atoms with Crippen molar-refractivity contribution in [3.63, 3.8) is 0 Å². The summed E-state index contributed by atoms with van der Waals surface area (Å²) in [5.74, 6) is 1.21. The maximum Gasteiger partial charge on any atom is 0.319 e. The summed E-state index contributed by atoms with van der Waals surface area (Å²) < 4.78 is 13.2. The highest BCUT2D eigenvalue weighted by Gasteiger charge is 2.20. The number of anilines is 1. The summed E-state index contributed by atoms with van der Waals surface area (Å²) in [5, 5.41) is 10.5. The van der Waals surface area contributed by atoms with Crippen molar-refractivity contribution in [1.29, 1.82) is 0 Å². The van der Waals surface area contributed by atoms with Gasteiger partial charge in [0.25, 0.3) is 11.1 Å². The number of carbonyl (C=O) groups excluding carboxylic acids is 1. The molecule has 1 atom stereocenters. The third kappa shape index (κ3) is 5.51. The molecule has 36 heavy (non-hydrogen) atoms. The number of amides is 2. The number of nitrogens with one attached hydrogen (secondary N) is 2. The van der Waals surface area contributed by atoms with Crippen LogP contribution in [0.1, 0.15) is 25.2 Å². The predicted octanol–water partition coefficient (Wildman–Crippen LogP) is 7.83. The van der Waals surface area contributed by atoms with Gasteiger partial charge in [-0.2, -0.15) is 4.98 Å². The Kier molecular flexibility index (Phi) is 7.17. The number of fused-ring (bicyclic) bond motifs is 1. The highest BCUT2D eigenvalue weighted by atomic mass is 79.9. The van der Waals surface area contributed by atoms with Crippen LogP contribution in [0, 0.1) is 0 Å². The van der Waals surface area contributed by atoms with Crippen LogP contribution in [0.15, 0.2) is 75.7 Å². The molecular formula is C25H19BrClN5O3S. The number of hydrogen-bond acceptors (Lipinski definition) is 7. The first kappa shape index (κ1) is 24.2. The number of halogens is 2. The van der Waals surface area contributed by atoms with E-state index in [4.69, 9.17) is 20.9 Å². The molecule has 0 saturated heterocycles. The first-order chi connectivity index (χ1) is 17.5. The third-order valence-electron chi connectivity index (χ3n) is 5.20. The van der Waals surface area contributed by atoms with Gasteiger partial charge in [0.1, 0.15) is 5.75 Å². The van der Waals surface area contributed by atoms with Crippen molar-refractivity contribution < 1.29 is 14.1 Å². The van der Waals surface area contributed by atoms with Gasteiger partial charge in [0.15, 0.2) is 5.82 Å². The lowest BCUT2D eigenvalue weighted by Crippen LogP contribution is -2.32. The smallest absolute Gasteiger partial charge is 0.319 e. The molecule has 2 N–H and O–H groups in total. The molecule has 0 spiro atoms. The van der Waals surface area contributed by atoms with Crippen molar-refractivity contribution in [3.05, 3.63) is 82.0 Å². The molecule has 2 amide bonds. The van der Waals surface area contributed by atoms with E-state index in [9.17, 15) is 4.79 Å². The fourth-order valence-corrected chi connectivity index (χ4v) is 4.89. The van der Waals surface area contributed by atoms with Crippen molar-refractivity contribution >= 4 is 60.8 Å². The van der Waals surface area contributed by atoms with Gasteiger partial charge in [-0.1, -0.05) is 69.1 Å². The Morgan fingerprint density at radius 3 is 2.78 bits per heavy atom. The van der Waals surface area contributed by atoms with Crippen LogP contribution in [0.2, 0.25) is 5.02 Å². The number of carbonyl (C=O) groups is 1. The Labute approximate surface area is 223 Å². The Bertz CT molecular complexity index is 1510.